The molecule has 0 bridgehead atoms. The van der Waals surface area contributed by atoms with Gasteiger partial charge in [0.1, 0.15) is 0 Å². The van der Waals surface area contributed by atoms with Crippen LogP contribution in [0.2, 0.25) is 0 Å². The molecule has 0 aliphatic carbocycles. The highest BCUT2D eigenvalue weighted by molar-refractivity contribution is 7.09. The van der Waals surface area contributed by atoms with Gasteiger partial charge in [-0.15, -0.1) is 11.3 Å². The Bertz CT molecular complexity index is 489. The number of aromatic nitrogens is 1. The van der Waals surface area contributed by atoms with Gasteiger partial charge in [-0.25, -0.2) is 0 Å². The van der Waals surface area contributed by atoms with Crippen molar-refractivity contribution in [1.29, 1.82) is 0 Å². The van der Waals surface area contributed by atoms with Crippen molar-refractivity contribution in [2.24, 2.45) is 0 Å². The van der Waals surface area contributed by atoms with Crippen molar-refractivity contribution in [1.82, 2.24) is 10.3 Å². The lowest BCUT2D eigenvalue weighted by molar-refractivity contribution is 0.281. The Morgan fingerprint density at radius 2 is 1.90 bits per heavy atom. The summed E-state index contributed by atoms with van der Waals surface area (Å²) >= 11 is 1.75. The van der Waals surface area contributed by atoms with Gasteiger partial charge in [-0.1, -0.05) is 44.2 Å². The van der Waals surface area contributed by atoms with E-state index >= 15 is 0 Å². The Morgan fingerprint density at radius 1 is 1.20 bits per heavy atom. The van der Waals surface area contributed by atoms with Gasteiger partial charge >= 0.3 is 0 Å². The van der Waals surface area contributed by atoms with Crippen LogP contribution in [0.3, 0.4) is 0 Å². The maximum absolute atomic E-state index is 4.21. The third-order valence-electron chi connectivity index (χ3n) is 4.51. The molecule has 0 fully saturated rings. The highest BCUT2D eigenvalue weighted by atomic mass is 32.1. The molecule has 1 heterocycles. The van der Waals surface area contributed by atoms with E-state index in [9.17, 15) is 0 Å². The second-order valence-corrected chi connectivity index (χ2v) is 6.21. The van der Waals surface area contributed by atoms with E-state index in [2.05, 4.69) is 61.5 Å². The van der Waals surface area contributed by atoms with Crippen LogP contribution in [-0.4, -0.2) is 18.1 Å². The average molecular weight is 288 g/mol. The molecule has 108 valence electrons. The standard InChI is InChI=1S/C17H24N2S/c1-4-17(5-2,14-9-7-6-8-10-14)16(18-3)11-15-12-19-13-20-15/h6-10,12-13,16,18H,4-5,11H2,1-3H3. The van der Waals surface area contributed by atoms with E-state index in [-0.39, 0.29) is 5.41 Å². The maximum Gasteiger partial charge on any atom is 0.0794 e. The van der Waals surface area contributed by atoms with Crippen molar-refractivity contribution in [2.75, 3.05) is 7.05 Å². The molecule has 0 saturated carbocycles. The predicted molar refractivity (Wildman–Crippen MR) is 87.4 cm³/mol. The number of hydrogen-bond acceptors (Lipinski definition) is 3. The zero-order chi connectivity index (χ0) is 14.4. The lowest BCUT2D eigenvalue weighted by Gasteiger charge is -2.40. The van der Waals surface area contributed by atoms with Crippen LogP contribution >= 0.6 is 11.3 Å². The molecule has 0 amide bonds. The van der Waals surface area contributed by atoms with Crippen LogP contribution < -0.4 is 5.32 Å². The van der Waals surface area contributed by atoms with E-state index < -0.39 is 0 Å². The molecule has 1 unspecified atom stereocenters. The summed E-state index contributed by atoms with van der Waals surface area (Å²) in [6.07, 6.45) is 5.31. The van der Waals surface area contributed by atoms with Gasteiger partial charge in [0.05, 0.1) is 5.51 Å². The molecule has 0 radical (unpaired) electrons. The third-order valence-corrected chi connectivity index (χ3v) is 5.32. The minimum absolute atomic E-state index is 0.181. The molecule has 20 heavy (non-hydrogen) atoms. The Morgan fingerprint density at radius 3 is 2.40 bits per heavy atom. The smallest absolute Gasteiger partial charge is 0.0794 e. The molecule has 1 aromatic heterocycles. The van der Waals surface area contributed by atoms with Crippen molar-refractivity contribution >= 4 is 11.3 Å². The summed E-state index contributed by atoms with van der Waals surface area (Å²) in [5.74, 6) is 0. The number of hydrogen-bond donors (Lipinski definition) is 1. The van der Waals surface area contributed by atoms with Crippen molar-refractivity contribution in [3.8, 4) is 0 Å². The fourth-order valence-corrected chi connectivity index (χ4v) is 3.88. The van der Waals surface area contributed by atoms with Crippen LogP contribution in [0.15, 0.2) is 42.0 Å². The molecule has 2 rings (SSSR count). The van der Waals surface area contributed by atoms with E-state index in [1.54, 1.807) is 11.3 Å². The van der Waals surface area contributed by atoms with E-state index in [0.29, 0.717) is 6.04 Å². The number of likely N-dealkylation sites (N-methyl/N-ethyl adjacent to an activating group) is 1. The van der Waals surface area contributed by atoms with Crippen LogP contribution in [0.1, 0.15) is 37.1 Å². The van der Waals surface area contributed by atoms with Gasteiger partial charge < -0.3 is 5.32 Å². The Hall–Kier alpha value is -1.19. The minimum atomic E-state index is 0.181. The first-order chi connectivity index (χ1) is 9.76. The summed E-state index contributed by atoms with van der Waals surface area (Å²) in [7, 11) is 2.08. The average Bonchev–Trinajstić information content (AvgIpc) is 3.02. The van der Waals surface area contributed by atoms with Crippen LogP contribution in [-0.2, 0) is 11.8 Å². The Kier molecular flexibility index (Phi) is 5.32. The van der Waals surface area contributed by atoms with Gasteiger partial charge in [0.2, 0.25) is 0 Å². The largest absolute Gasteiger partial charge is 0.316 e. The predicted octanol–water partition coefficient (Wildman–Crippen LogP) is 4.03. The topological polar surface area (TPSA) is 24.9 Å². The Balaban J connectivity index is 2.34. The second kappa shape index (κ2) is 7.00. The number of nitrogens with one attached hydrogen (secondary N) is 1. The molecular formula is C17H24N2S. The quantitative estimate of drug-likeness (QED) is 0.832. The van der Waals surface area contributed by atoms with Gasteiger partial charge in [0, 0.05) is 22.5 Å². The summed E-state index contributed by atoms with van der Waals surface area (Å²) in [6, 6.07) is 11.4. The molecule has 0 aliphatic heterocycles. The van der Waals surface area contributed by atoms with Crippen molar-refractivity contribution in [3.05, 3.63) is 52.5 Å². The van der Waals surface area contributed by atoms with Crippen molar-refractivity contribution < 1.29 is 0 Å². The summed E-state index contributed by atoms with van der Waals surface area (Å²) in [4.78, 5) is 5.56. The van der Waals surface area contributed by atoms with Gasteiger partial charge in [-0.2, -0.15) is 0 Å². The second-order valence-electron chi connectivity index (χ2n) is 5.24. The molecule has 0 spiro atoms. The van der Waals surface area contributed by atoms with Crippen LogP contribution in [0.25, 0.3) is 0 Å². The fourth-order valence-electron chi connectivity index (χ4n) is 3.24. The zero-order valence-corrected chi connectivity index (χ0v) is 13.4. The monoisotopic (exact) mass is 288 g/mol. The molecular weight excluding hydrogens is 264 g/mol. The summed E-state index contributed by atoms with van der Waals surface area (Å²) in [5, 5.41) is 3.56. The Labute approximate surface area is 126 Å². The van der Waals surface area contributed by atoms with Crippen LogP contribution in [0.4, 0.5) is 0 Å². The number of nitrogens with zero attached hydrogens (tertiary/aromatic N) is 1. The van der Waals surface area contributed by atoms with E-state index in [4.69, 9.17) is 0 Å². The molecule has 1 N–H and O–H groups in total. The molecule has 2 aromatic rings. The van der Waals surface area contributed by atoms with Crippen molar-refractivity contribution in [3.63, 3.8) is 0 Å². The normalized spacial score (nSPS) is 13.3. The molecule has 0 aliphatic rings. The van der Waals surface area contributed by atoms with Gasteiger partial charge in [-0.05, 0) is 31.9 Å². The zero-order valence-electron chi connectivity index (χ0n) is 12.6. The third kappa shape index (κ3) is 2.94. The van der Waals surface area contributed by atoms with Gasteiger partial charge in [0.25, 0.3) is 0 Å². The van der Waals surface area contributed by atoms with Crippen LogP contribution in [0.5, 0.6) is 0 Å². The fraction of sp³-hybridized carbons (Fsp3) is 0.471. The first-order valence-electron chi connectivity index (χ1n) is 7.37. The van der Waals surface area contributed by atoms with Gasteiger partial charge in [0.15, 0.2) is 0 Å². The highest BCUT2D eigenvalue weighted by Crippen LogP contribution is 2.36. The van der Waals surface area contributed by atoms with E-state index in [1.807, 2.05) is 11.7 Å². The number of thiazole rings is 1. The first-order valence-corrected chi connectivity index (χ1v) is 8.25. The molecule has 2 nitrogen and oxygen atoms in total. The SMILES string of the molecule is CCC(CC)(c1ccccc1)C(Cc1cncs1)NC. The van der Waals surface area contributed by atoms with Crippen LogP contribution in [0, 0.1) is 0 Å². The van der Waals surface area contributed by atoms with Gasteiger partial charge in [-0.3, -0.25) is 4.98 Å². The summed E-state index contributed by atoms with van der Waals surface area (Å²) < 4.78 is 0. The molecule has 0 saturated heterocycles. The minimum Gasteiger partial charge on any atom is -0.316 e. The molecule has 1 aromatic carbocycles. The van der Waals surface area contributed by atoms with E-state index in [0.717, 1.165) is 19.3 Å². The number of rotatable bonds is 7. The summed E-state index contributed by atoms with van der Waals surface area (Å²) in [6.45, 7) is 4.60. The van der Waals surface area contributed by atoms with E-state index in [1.165, 1.54) is 10.4 Å². The molecule has 1 atom stereocenters. The lowest BCUT2D eigenvalue weighted by Crippen LogP contribution is -2.47. The van der Waals surface area contributed by atoms with Crippen molar-refractivity contribution in [2.45, 2.75) is 44.6 Å². The highest BCUT2D eigenvalue weighted by Gasteiger charge is 2.36. The summed E-state index contributed by atoms with van der Waals surface area (Å²) in [5.41, 5.74) is 3.54. The number of benzene rings is 1. The maximum atomic E-state index is 4.21. The molecule has 3 heteroatoms. The first kappa shape index (κ1) is 15.2. The lowest BCUT2D eigenvalue weighted by atomic mass is 9.69.